The number of nitrogens with one attached hydrogen (secondary N) is 1. The molecule has 0 aliphatic carbocycles. The van der Waals surface area contributed by atoms with Crippen molar-refractivity contribution in [1.82, 2.24) is 4.90 Å². The summed E-state index contributed by atoms with van der Waals surface area (Å²) in [6.07, 6.45) is 1.50. The number of hydrogen-bond acceptors (Lipinski definition) is 7. The minimum absolute atomic E-state index is 0.101. The minimum atomic E-state index is -0.454. The summed E-state index contributed by atoms with van der Waals surface area (Å²) in [6.45, 7) is 8.17. The van der Waals surface area contributed by atoms with Gasteiger partial charge in [0.05, 0.1) is 36.5 Å². The maximum atomic E-state index is 11.6. The Morgan fingerprint density at radius 2 is 1.70 bits per heavy atom. The van der Waals surface area contributed by atoms with E-state index in [9.17, 15) is 10.1 Å². The first kappa shape index (κ1) is 24.0. The van der Waals surface area contributed by atoms with Gasteiger partial charge in [-0.3, -0.25) is 15.1 Å². The number of hydrogen-bond donors (Lipinski definition) is 1. The monoisotopic (exact) mass is 450 g/mol. The van der Waals surface area contributed by atoms with Crippen LogP contribution in [-0.2, 0) is 0 Å². The number of aliphatic imine (C=N–C) groups is 1. The second kappa shape index (κ2) is 11.3. The minimum Gasteiger partial charge on any atom is -0.493 e. The van der Waals surface area contributed by atoms with E-state index in [1.807, 2.05) is 36.4 Å². The maximum absolute atomic E-state index is 11.6. The molecule has 0 aliphatic rings. The van der Waals surface area contributed by atoms with Gasteiger partial charge in [0.25, 0.3) is 5.69 Å². The molecule has 3 aromatic carbocycles. The Morgan fingerprint density at radius 3 is 2.33 bits per heavy atom. The number of methoxy groups -OCH3 is 2. The Kier molecular flexibility index (Phi) is 8.21. The van der Waals surface area contributed by atoms with Crippen LogP contribution in [0.4, 0.5) is 17.1 Å². The van der Waals surface area contributed by atoms with E-state index in [1.165, 1.54) is 26.5 Å². The molecule has 0 heterocycles. The number of likely N-dealkylation sites (N-methyl/N-ethyl adjacent to an activating group) is 1. The van der Waals surface area contributed by atoms with Crippen molar-refractivity contribution in [3.05, 3.63) is 64.2 Å². The fraction of sp³-hybridized carbons (Fsp3) is 0.320. The van der Waals surface area contributed by atoms with Crippen LogP contribution in [0, 0.1) is 10.1 Å². The predicted molar refractivity (Wildman–Crippen MR) is 134 cm³/mol. The van der Waals surface area contributed by atoms with Crippen molar-refractivity contribution in [3.63, 3.8) is 0 Å². The molecule has 0 aromatic heterocycles. The molecule has 0 amide bonds. The molecule has 33 heavy (non-hydrogen) atoms. The van der Waals surface area contributed by atoms with E-state index in [-0.39, 0.29) is 5.69 Å². The van der Waals surface area contributed by atoms with Gasteiger partial charge in [-0.25, -0.2) is 0 Å². The molecule has 3 aromatic rings. The van der Waals surface area contributed by atoms with E-state index in [2.05, 4.69) is 29.1 Å². The third-order valence-corrected chi connectivity index (χ3v) is 5.61. The maximum Gasteiger partial charge on any atom is 0.282 e. The van der Waals surface area contributed by atoms with E-state index in [4.69, 9.17) is 9.47 Å². The van der Waals surface area contributed by atoms with E-state index < -0.39 is 4.92 Å². The molecule has 0 aliphatic heterocycles. The van der Waals surface area contributed by atoms with Crippen molar-refractivity contribution < 1.29 is 14.4 Å². The van der Waals surface area contributed by atoms with E-state index in [0.717, 1.165) is 48.3 Å². The first-order valence-electron chi connectivity index (χ1n) is 10.9. The first-order chi connectivity index (χ1) is 16.0. The summed E-state index contributed by atoms with van der Waals surface area (Å²) in [5.74, 6) is 0.703. The zero-order valence-corrected chi connectivity index (χ0v) is 19.5. The Labute approximate surface area is 194 Å². The molecule has 0 spiro atoms. The summed E-state index contributed by atoms with van der Waals surface area (Å²) in [5.41, 5.74) is 2.00. The highest BCUT2D eigenvalue weighted by atomic mass is 16.6. The average Bonchev–Trinajstić information content (AvgIpc) is 2.85. The van der Waals surface area contributed by atoms with Crippen LogP contribution in [0.25, 0.3) is 10.8 Å². The molecule has 0 atom stereocenters. The number of benzene rings is 3. The third-order valence-electron chi connectivity index (χ3n) is 5.61. The van der Waals surface area contributed by atoms with Gasteiger partial charge in [-0.2, -0.15) is 0 Å². The van der Waals surface area contributed by atoms with Crippen LogP contribution in [0.2, 0.25) is 0 Å². The Balaban J connectivity index is 1.94. The molecular formula is C25H30N4O4. The SMILES string of the molecule is CCN(CC)CCNc1ccc(N=Cc2cc(OC)c(OC)cc2[N+](=O)[O-])c2ccccc12. The standard InChI is InChI=1S/C25H30N4O4/c1-5-28(6-2)14-13-26-21-11-12-22(20-10-8-7-9-19(20)21)27-17-18-15-24(32-3)25(33-4)16-23(18)29(30)31/h7-12,15-17,26H,5-6,13-14H2,1-4H3. The smallest absolute Gasteiger partial charge is 0.282 e. The lowest BCUT2D eigenvalue weighted by molar-refractivity contribution is -0.385. The topological polar surface area (TPSA) is 89.2 Å². The normalized spacial score (nSPS) is 11.3. The van der Waals surface area contributed by atoms with Gasteiger partial charge < -0.3 is 19.7 Å². The Morgan fingerprint density at radius 1 is 1.03 bits per heavy atom. The van der Waals surface area contributed by atoms with E-state index in [0.29, 0.717) is 17.1 Å². The first-order valence-corrected chi connectivity index (χ1v) is 10.9. The quantitative estimate of drug-likeness (QED) is 0.243. The van der Waals surface area contributed by atoms with Gasteiger partial charge in [0.1, 0.15) is 0 Å². The van der Waals surface area contributed by atoms with Crippen LogP contribution in [0.15, 0.2) is 53.5 Å². The number of nitrogens with zero attached hydrogens (tertiary/aromatic N) is 3. The number of nitro benzene ring substituents is 1. The second-order valence-corrected chi connectivity index (χ2v) is 7.41. The van der Waals surface area contributed by atoms with Crippen molar-refractivity contribution in [2.45, 2.75) is 13.8 Å². The molecule has 0 saturated heterocycles. The van der Waals surface area contributed by atoms with Crippen LogP contribution in [-0.4, -0.2) is 56.4 Å². The number of nitro groups is 1. The number of anilines is 1. The zero-order chi connectivity index (χ0) is 23.8. The van der Waals surface area contributed by atoms with Gasteiger partial charge in [-0.05, 0) is 31.3 Å². The van der Waals surface area contributed by atoms with Crippen LogP contribution >= 0.6 is 0 Å². The lowest BCUT2D eigenvalue weighted by Crippen LogP contribution is -2.28. The number of fused-ring (bicyclic) bond motifs is 1. The van der Waals surface area contributed by atoms with Gasteiger partial charge >= 0.3 is 0 Å². The van der Waals surface area contributed by atoms with Gasteiger partial charge in [-0.1, -0.05) is 38.1 Å². The van der Waals surface area contributed by atoms with Crippen LogP contribution in [0.3, 0.4) is 0 Å². The fourth-order valence-corrected chi connectivity index (χ4v) is 3.72. The van der Waals surface area contributed by atoms with Gasteiger partial charge in [0.2, 0.25) is 0 Å². The summed E-state index contributed by atoms with van der Waals surface area (Å²) in [6, 6.07) is 14.8. The molecule has 0 radical (unpaired) electrons. The second-order valence-electron chi connectivity index (χ2n) is 7.41. The lowest BCUT2D eigenvalue weighted by Gasteiger charge is -2.19. The molecule has 8 heteroatoms. The van der Waals surface area contributed by atoms with Gasteiger partial charge in [0, 0.05) is 35.8 Å². The van der Waals surface area contributed by atoms with Crippen molar-refractivity contribution in [3.8, 4) is 11.5 Å². The van der Waals surface area contributed by atoms with Crippen LogP contribution < -0.4 is 14.8 Å². The average molecular weight is 451 g/mol. The van der Waals surface area contributed by atoms with Crippen molar-refractivity contribution in [2.24, 2.45) is 4.99 Å². The fourth-order valence-electron chi connectivity index (χ4n) is 3.72. The number of ether oxygens (including phenoxy) is 2. The molecule has 8 nitrogen and oxygen atoms in total. The summed E-state index contributed by atoms with van der Waals surface area (Å²) in [7, 11) is 2.93. The van der Waals surface area contributed by atoms with Gasteiger partial charge in [0.15, 0.2) is 11.5 Å². The molecule has 0 bridgehead atoms. The summed E-state index contributed by atoms with van der Waals surface area (Å²) >= 11 is 0. The van der Waals surface area contributed by atoms with Crippen molar-refractivity contribution in [2.75, 3.05) is 45.7 Å². The highest BCUT2D eigenvalue weighted by Crippen LogP contribution is 2.35. The third kappa shape index (κ3) is 5.59. The molecule has 0 saturated carbocycles. The van der Waals surface area contributed by atoms with Gasteiger partial charge in [-0.15, -0.1) is 0 Å². The summed E-state index contributed by atoms with van der Waals surface area (Å²) in [5, 5.41) is 17.1. The molecule has 1 N–H and O–H groups in total. The predicted octanol–water partition coefficient (Wildman–Crippen LogP) is 5.27. The van der Waals surface area contributed by atoms with Crippen LogP contribution in [0.1, 0.15) is 19.4 Å². The highest BCUT2D eigenvalue weighted by Gasteiger charge is 2.18. The largest absolute Gasteiger partial charge is 0.493 e. The molecule has 0 unspecified atom stereocenters. The van der Waals surface area contributed by atoms with E-state index in [1.54, 1.807) is 6.07 Å². The molecule has 174 valence electrons. The summed E-state index contributed by atoms with van der Waals surface area (Å²) < 4.78 is 10.5. The lowest BCUT2D eigenvalue weighted by atomic mass is 10.1. The van der Waals surface area contributed by atoms with Crippen molar-refractivity contribution >= 4 is 34.0 Å². The highest BCUT2D eigenvalue weighted by molar-refractivity contribution is 6.02. The molecular weight excluding hydrogens is 420 g/mol. The van der Waals surface area contributed by atoms with Crippen LogP contribution in [0.5, 0.6) is 11.5 Å². The molecule has 3 rings (SSSR count). The number of rotatable bonds is 11. The zero-order valence-electron chi connectivity index (χ0n) is 19.5. The summed E-state index contributed by atoms with van der Waals surface area (Å²) in [4.78, 5) is 18.1. The Hall–Kier alpha value is -3.65. The van der Waals surface area contributed by atoms with Crippen molar-refractivity contribution in [1.29, 1.82) is 0 Å². The Bertz CT molecular complexity index is 1140. The molecule has 0 fully saturated rings. The van der Waals surface area contributed by atoms with E-state index >= 15 is 0 Å².